The van der Waals surface area contributed by atoms with Crippen molar-refractivity contribution < 1.29 is 29.3 Å². The van der Waals surface area contributed by atoms with Gasteiger partial charge in [-0.15, -0.1) is 0 Å². The molecule has 3 heterocycles. The van der Waals surface area contributed by atoms with Gasteiger partial charge in [-0.25, -0.2) is 0 Å². The Hall–Kier alpha value is -3.43. The van der Waals surface area contributed by atoms with Gasteiger partial charge < -0.3 is 20.3 Å². The normalized spacial score (nSPS) is 27.4. The predicted molar refractivity (Wildman–Crippen MR) is 122 cm³/mol. The summed E-state index contributed by atoms with van der Waals surface area (Å²) in [5.74, 6) is -3.27. The Bertz CT molecular complexity index is 1230. The zero-order chi connectivity index (χ0) is 24.4. The van der Waals surface area contributed by atoms with Gasteiger partial charge in [-0.3, -0.25) is 24.6 Å². The molecule has 0 bridgehead atoms. The largest absolute Gasteiger partial charge is 0.504 e. The molecule has 4 atom stereocenters. The van der Waals surface area contributed by atoms with Crippen LogP contribution in [0.3, 0.4) is 0 Å². The molecule has 2 fully saturated rings. The maximum absolute atomic E-state index is 13.6. The lowest BCUT2D eigenvalue weighted by Gasteiger charge is -2.29. The number of amides is 3. The van der Waals surface area contributed by atoms with E-state index in [0.717, 1.165) is 11.1 Å². The molecule has 0 unspecified atom stereocenters. The number of methoxy groups -OCH3 is 1. The van der Waals surface area contributed by atoms with Crippen LogP contribution in [-0.2, 0) is 31.1 Å². The van der Waals surface area contributed by atoms with E-state index in [1.165, 1.54) is 24.1 Å². The number of carbonyl (C=O) groups is 3. The van der Waals surface area contributed by atoms with Crippen molar-refractivity contribution in [3.8, 4) is 11.5 Å². The number of benzene rings is 2. The van der Waals surface area contributed by atoms with Crippen LogP contribution in [0, 0.1) is 25.7 Å². The average molecular weight is 466 g/mol. The Morgan fingerprint density at radius 1 is 1.06 bits per heavy atom. The SMILES string of the molecule is COCCN1C(=O)[C@@H]2[C@H](Cc3ccc(O)c(O)c3)N[C@]3(C(=O)Nc4c3ccc(C)c4C)[C@@H]2C1=O. The maximum atomic E-state index is 13.6. The van der Waals surface area contributed by atoms with Crippen molar-refractivity contribution in [3.63, 3.8) is 0 Å². The average Bonchev–Trinajstić information content (AvgIpc) is 3.37. The summed E-state index contributed by atoms with van der Waals surface area (Å²) in [5.41, 5.74) is 2.56. The zero-order valence-electron chi connectivity index (χ0n) is 19.2. The van der Waals surface area contributed by atoms with Crippen molar-refractivity contribution in [1.29, 1.82) is 0 Å². The van der Waals surface area contributed by atoms with Crippen molar-refractivity contribution in [2.24, 2.45) is 11.8 Å². The monoisotopic (exact) mass is 465 g/mol. The van der Waals surface area contributed by atoms with Gasteiger partial charge in [0.25, 0.3) is 0 Å². The van der Waals surface area contributed by atoms with E-state index >= 15 is 0 Å². The number of aromatic hydroxyl groups is 2. The minimum absolute atomic E-state index is 0.116. The molecule has 178 valence electrons. The minimum Gasteiger partial charge on any atom is -0.504 e. The van der Waals surface area contributed by atoms with E-state index in [0.29, 0.717) is 16.8 Å². The molecule has 2 aromatic rings. The highest BCUT2D eigenvalue weighted by atomic mass is 16.5. The molecule has 4 N–H and O–H groups in total. The first-order valence-electron chi connectivity index (χ1n) is 11.3. The van der Waals surface area contributed by atoms with E-state index < -0.39 is 29.3 Å². The topological polar surface area (TPSA) is 128 Å². The lowest BCUT2D eigenvalue weighted by molar-refractivity contribution is -0.143. The van der Waals surface area contributed by atoms with Gasteiger partial charge in [-0.2, -0.15) is 0 Å². The van der Waals surface area contributed by atoms with Crippen molar-refractivity contribution in [3.05, 3.63) is 52.6 Å². The highest BCUT2D eigenvalue weighted by Gasteiger charge is 2.70. The molecule has 0 radical (unpaired) electrons. The first kappa shape index (κ1) is 22.4. The third-order valence-electron chi connectivity index (χ3n) is 7.53. The number of anilines is 1. The van der Waals surface area contributed by atoms with Crippen LogP contribution >= 0.6 is 0 Å². The van der Waals surface area contributed by atoms with Gasteiger partial charge in [0.05, 0.1) is 25.0 Å². The summed E-state index contributed by atoms with van der Waals surface area (Å²) in [6.07, 6.45) is 0.279. The number of aryl methyl sites for hydroxylation is 1. The first-order chi connectivity index (χ1) is 16.2. The van der Waals surface area contributed by atoms with Crippen molar-refractivity contribution in [2.75, 3.05) is 25.6 Å². The van der Waals surface area contributed by atoms with Gasteiger partial charge in [0.2, 0.25) is 17.7 Å². The predicted octanol–water partition coefficient (Wildman–Crippen LogP) is 1.32. The molecule has 9 nitrogen and oxygen atoms in total. The fraction of sp³-hybridized carbons (Fsp3) is 0.400. The van der Waals surface area contributed by atoms with E-state index in [1.54, 1.807) is 6.07 Å². The molecule has 2 aromatic carbocycles. The number of nitrogens with one attached hydrogen (secondary N) is 2. The van der Waals surface area contributed by atoms with E-state index in [-0.39, 0.29) is 42.9 Å². The van der Waals surface area contributed by atoms with Crippen LogP contribution in [0.15, 0.2) is 30.3 Å². The van der Waals surface area contributed by atoms with E-state index in [1.807, 2.05) is 26.0 Å². The summed E-state index contributed by atoms with van der Waals surface area (Å²) in [5, 5.41) is 26.0. The third kappa shape index (κ3) is 2.97. The number of nitrogens with zero attached hydrogens (tertiary/aromatic N) is 1. The summed E-state index contributed by atoms with van der Waals surface area (Å²) in [6, 6.07) is 7.68. The molecule has 5 rings (SSSR count). The molecule has 0 aromatic heterocycles. The van der Waals surface area contributed by atoms with E-state index in [9.17, 15) is 24.6 Å². The Balaban J connectivity index is 1.62. The molecule has 2 saturated heterocycles. The lowest BCUT2D eigenvalue weighted by Crippen LogP contribution is -2.53. The second kappa shape index (κ2) is 7.82. The van der Waals surface area contributed by atoms with E-state index in [4.69, 9.17) is 4.74 Å². The number of likely N-dealkylation sites (tertiary alicyclic amines) is 1. The first-order valence-corrected chi connectivity index (χ1v) is 11.3. The van der Waals surface area contributed by atoms with Gasteiger partial charge in [-0.1, -0.05) is 18.2 Å². The second-order valence-corrected chi connectivity index (χ2v) is 9.29. The number of rotatable bonds is 5. The Labute approximate surface area is 196 Å². The number of carbonyl (C=O) groups excluding carboxylic acids is 3. The molecule has 3 aliphatic heterocycles. The lowest BCUT2D eigenvalue weighted by atomic mass is 9.75. The zero-order valence-corrected chi connectivity index (χ0v) is 19.2. The van der Waals surface area contributed by atoms with Crippen molar-refractivity contribution in [2.45, 2.75) is 31.8 Å². The minimum atomic E-state index is -1.38. The molecular weight excluding hydrogens is 438 g/mol. The van der Waals surface area contributed by atoms with E-state index in [2.05, 4.69) is 10.6 Å². The fourth-order valence-corrected chi connectivity index (χ4v) is 5.71. The molecule has 9 heteroatoms. The highest BCUT2D eigenvalue weighted by Crippen LogP contribution is 2.54. The summed E-state index contributed by atoms with van der Waals surface area (Å²) in [6.45, 7) is 4.19. The second-order valence-electron chi connectivity index (χ2n) is 9.29. The van der Waals surface area contributed by atoms with Gasteiger partial charge in [0.1, 0.15) is 5.54 Å². The summed E-state index contributed by atoms with van der Waals surface area (Å²) < 4.78 is 5.10. The quantitative estimate of drug-likeness (QED) is 0.387. The number of fused-ring (bicyclic) bond motifs is 4. The standard InChI is InChI=1S/C25H27N3O6/c1-12-4-6-15-21(13(12)2)26-24(33)25(15)20-19(22(31)28(23(20)32)8-9-34-3)16(27-25)10-14-5-7-17(29)18(30)11-14/h4-7,11,16,19-20,27,29-30H,8-10H2,1-3H3,(H,26,33)/t16-,19+,20-,25-/m0/s1. The number of phenols is 2. The molecule has 1 spiro atoms. The Kier molecular flexibility index (Phi) is 5.14. The van der Waals surface area contributed by atoms with Crippen LogP contribution in [0.25, 0.3) is 0 Å². The highest BCUT2D eigenvalue weighted by molar-refractivity contribution is 6.15. The van der Waals surface area contributed by atoms with Crippen LogP contribution in [0.4, 0.5) is 5.69 Å². The number of hydrogen-bond donors (Lipinski definition) is 4. The molecule has 0 saturated carbocycles. The van der Waals surface area contributed by atoms with Crippen molar-refractivity contribution in [1.82, 2.24) is 10.2 Å². The maximum Gasteiger partial charge on any atom is 0.250 e. The van der Waals surface area contributed by atoms with Crippen LogP contribution in [0.5, 0.6) is 11.5 Å². The van der Waals surface area contributed by atoms with Gasteiger partial charge >= 0.3 is 0 Å². The van der Waals surface area contributed by atoms with Crippen LogP contribution in [-0.4, -0.2) is 59.1 Å². The number of imide groups is 1. The summed E-state index contributed by atoms with van der Waals surface area (Å²) in [7, 11) is 1.50. The van der Waals surface area contributed by atoms with Crippen molar-refractivity contribution >= 4 is 23.4 Å². The molecule has 34 heavy (non-hydrogen) atoms. The van der Waals surface area contributed by atoms with Gasteiger partial charge in [0, 0.05) is 24.4 Å². The summed E-state index contributed by atoms with van der Waals surface area (Å²) in [4.78, 5) is 41.9. The van der Waals surface area contributed by atoms with Crippen LogP contribution in [0.1, 0.15) is 22.3 Å². The summed E-state index contributed by atoms with van der Waals surface area (Å²) >= 11 is 0. The molecular formula is C25H27N3O6. The Morgan fingerprint density at radius 2 is 1.82 bits per heavy atom. The van der Waals surface area contributed by atoms with Gasteiger partial charge in [0.15, 0.2) is 11.5 Å². The Morgan fingerprint density at radius 3 is 2.53 bits per heavy atom. The molecule has 0 aliphatic carbocycles. The number of hydrogen-bond acceptors (Lipinski definition) is 7. The fourth-order valence-electron chi connectivity index (χ4n) is 5.71. The van der Waals surface area contributed by atoms with Crippen LogP contribution < -0.4 is 10.6 Å². The molecule has 3 amide bonds. The van der Waals surface area contributed by atoms with Crippen LogP contribution in [0.2, 0.25) is 0 Å². The number of phenolic OH excluding ortho intramolecular Hbond substituents is 2. The van der Waals surface area contributed by atoms with Gasteiger partial charge in [-0.05, 0) is 49.1 Å². The third-order valence-corrected chi connectivity index (χ3v) is 7.53. The number of ether oxygens (including phenoxy) is 1. The smallest absolute Gasteiger partial charge is 0.250 e. The molecule has 3 aliphatic rings.